The summed E-state index contributed by atoms with van der Waals surface area (Å²) >= 11 is 0. The Labute approximate surface area is 71.6 Å². The largest absolute Gasteiger partial charge is 0.488 e. The van der Waals surface area contributed by atoms with Gasteiger partial charge in [-0.1, -0.05) is 0 Å². The van der Waals surface area contributed by atoms with E-state index in [0.717, 1.165) is 11.4 Å². The molecule has 0 aliphatic heterocycles. The van der Waals surface area contributed by atoms with E-state index < -0.39 is 0 Å². The Balaban J connectivity index is 2.46. The molecule has 0 amide bonds. The van der Waals surface area contributed by atoms with E-state index in [4.69, 9.17) is 9.47 Å². The summed E-state index contributed by atoms with van der Waals surface area (Å²) < 4.78 is 10.2. The van der Waals surface area contributed by atoms with Crippen LogP contribution >= 0.6 is 0 Å². The van der Waals surface area contributed by atoms with Crippen molar-refractivity contribution >= 4 is 0 Å². The molecule has 0 atom stereocenters. The monoisotopic (exact) mass is 168 g/mol. The first-order valence-corrected chi connectivity index (χ1v) is 3.73. The van der Waals surface area contributed by atoms with Gasteiger partial charge in [0, 0.05) is 7.11 Å². The molecule has 0 saturated carbocycles. The summed E-state index contributed by atoms with van der Waals surface area (Å²) in [4.78, 5) is 7.83. The van der Waals surface area contributed by atoms with Crippen molar-refractivity contribution in [3.63, 3.8) is 0 Å². The molecule has 0 saturated heterocycles. The Morgan fingerprint density at radius 3 is 2.92 bits per heavy atom. The van der Waals surface area contributed by atoms with E-state index in [0.29, 0.717) is 13.2 Å². The normalized spacial score (nSPS) is 9.83. The molecule has 0 aliphatic rings. The van der Waals surface area contributed by atoms with Gasteiger partial charge in [-0.2, -0.15) is 0 Å². The molecule has 12 heavy (non-hydrogen) atoms. The second kappa shape index (κ2) is 4.66. The summed E-state index contributed by atoms with van der Waals surface area (Å²) in [6.07, 6.45) is 3.15. The van der Waals surface area contributed by atoms with Gasteiger partial charge in [-0.3, -0.25) is 0 Å². The van der Waals surface area contributed by atoms with Crippen molar-refractivity contribution in [1.29, 1.82) is 0 Å². The van der Waals surface area contributed by atoms with Crippen molar-refractivity contribution in [3.05, 3.63) is 18.2 Å². The lowest BCUT2D eigenvalue weighted by molar-refractivity contribution is 0.145. The quantitative estimate of drug-likeness (QED) is 0.624. The van der Waals surface area contributed by atoms with E-state index in [1.807, 2.05) is 6.92 Å². The van der Waals surface area contributed by atoms with Crippen LogP contribution in [0.3, 0.4) is 0 Å². The second-order valence-electron chi connectivity index (χ2n) is 2.31. The van der Waals surface area contributed by atoms with Crippen LogP contribution in [0.5, 0.6) is 5.75 Å². The van der Waals surface area contributed by atoms with E-state index >= 15 is 0 Å². The summed E-state index contributed by atoms with van der Waals surface area (Å²) in [7, 11) is 1.64. The first kappa shape index (κ1) is 8.93. The van der Waals surface area contributed by atoms with Crippen LogP contribution in [0.2, 0.25) is 0 Å². The number of methoxy groups -OCH3 is 1. The van der Waals surface area contributed by atoms with E-state index in [9.17, 15) is 0 Å². The fourth-order valence-electron chi connectivity index (χ4n) is 0.755. The molecule has 1 aromatic heterocycles. The maximum atomic E-state index is 5.33. The van der Waals surface area contributed by atoms with Crippen molar-refractivity contribution in [2.75, 3.05) is 20.3 Å². The van der Waals surface area contributed by atoms with Gasteiger partial charge < -0.3 is 9.47 Å². The Hall–Kier alpha value is -1.16. The van der Waals surface area contributed by atoms with Crippen LogP contribution in [0.1, 0.15) is 5.69 Å². The number of nitrogens with zero attached hydrogens (tertiary/aromatic N) is 2. The first-order chi connectivity index (χ1) is 5.84. The molecule has 0 N–H and O–H groups in total. The summed E-state index contributed by atoms with van der Waals surface area (Å²) in [6.45, 7) is 2.99. The van der Waals surface area contributed by atoms with Crippen LogP contribution in [0, 0.1) is 6.92 Å². The summed E-state index contributed by atoms with van der Waals surface area (Å²) in [5.74, 6) is 0.717. The highest BCUT2D eigenvalue weighted by atomic mass is 16.5. The van der Waals surface area contributed by atoms with Crippen LogP contribution in [0.25, 0.3) is 0 Å². The van der Waals surface area contributed by atoms with Crippen LogP contribution in [-0.4, -0.2) is 30.3 Å². The van der Waals surface area contributed by atoms with Crippen molar-refractivity contribution < 1.29 is 9.47 Å². The molecule has 0 fully saturated rings. The summed E-state index contributed by atoms with van der Waals surface area (Å²) in [5, 5.41) is 0. The molecule has 1 heterocycles. The zero-order valence-corrected chi connectivity index (χ0v) is 7.28. The number of aryl methyl sites for hydroxylation is 1. The van der Waals surface area contributed by atoms with Crippen LogP contribution in [0.15, 0.2) is 12.5 Å². The van der Waals surface area contributed by atoms with Crippen molar-refractivity contribution in [2.24, 2.45) is 0 Å². The highest BCUT2D eigenvalue weighted by Gasteiger charge is 1.98. The van der Waals surface area contributed by atoms with Crippen molar-refractivity contribution in [2.45, 2.75) is 6.92 Å². The second-order valence-corrected chi connectivity index (χ2v) is 2.31. The Morgan fingerprint density at radius 1 is 1.42 bits per heavy atom. The molecule has 0 aromatic carbocycles. The first-order valence-electron chi connectivity index (χ1n) is 3.73. The lowest BCUT2D eigenvalue weighted by atomic mass is 10.4. The molecule has 4 heteroatoms. The Morgan fingerprint density at radius 2 is 2.25 bits per heavy atom. The van der Waals surface area contributed by atoms with Gasteiger partial charge in [0.1, 0.15) is 12.9 Å². The average molecular weight is 168 g/mol. The third kappa shape index (κ3) is 2.47. The topological polar surface area (TPSA) is 44.2 Å². The zero-order chi connectivity index (χ0) is 8.81. The minimum absolute atomic E-state index is 0.532. The van der Waals surface area contributed by atoms with E-state index in [1.54, 1.807) is 13.3 Å². The zero-order valence-electron chi connectivity index (χ0n) is 7.28. The lowest BCUT2D eigenvalue weighted by Gasteiger charge is -2.05. The maximum absolute atomic E-state index is 5.33. The smallest absolute Gasteiger partial charge is 0.158 e. The number of aromatic nitrogens is 2. The summed E-state index contributed by atoms with van der Waals surface area (Å²) in [6, 6.07) is 0. The molecule has 0 radical (unpaired) electrons. The fraction of sp³-hybridized carbons (Fsp3) is 0.500. The molecule has 0 spiro atoms. The van der Waals surface area contributed by atoms with Crippen LogP contribution < -0.4 is 4.74 Å². The molecule has 66 valence electrons. The van der Waals surface area contributed by atoms with Gasteiger partial charge >= 0.3 is 0 Å². The highest BCUT2D eigenvalue weighted by molar-refractivity contribution is 5.21. The van der Waals surface area contributed by atoms with Gasteiger partial charge in [0.2, 0.25) is 0 Å². The van der Waals surface area contributed by atoms with Crippen molar-refractivity contribution in [1.82, 2.24) is 9.97 Å². The average Bonchev–Trinajstić information content (AvgIpc) is 2.09. The molecule has 1 aromatic rings. The van der Waals surface area contributed by atoms with E-state index in [2.05, 4.69) is 9.97 Å². The lowest BCUT2D eigenvalue weighted by Crippen LogP contribution is -2.05. The van der Waals surface area contributed by atoms with Gasteiger partial charge in [-0.25, -0.2) is 9.97 Å². The highest BCUT2D eigenvalue weighted by Crippen LogP contribution is 2.10. The molecule has 4 nitrogen and oxygen atoms in total. The van der Waals surface area contributed by atoms with E-state index in [1.165, 1.54) is 6.33 Å². The minimum atomic E-state index is 0.532. The molecule has 0 unspecified atom stereocenters. The maximum Gasteiger partial charge on any atom is 0.158 e. The minimum Gasteiger partial charge on any atom is -0.488 e. The molecule has 0 bridgehead atoms. The fourth-order valence-corrected chi connectivity index (χ4v) is 0.755. The molecular weight excluding hydrogens is 156 g/mol. The number of hydrogen-bond acceptors (Lipinski definition) is 4. The van der Waals surface area contributed by atoms with E-state index in [-0.39, 0.29) is 0 Å². The van der Waals surface area contributed by atoms with Crippen LogP contribution in [-0.2, 0) is 4.74 Å². The van der Waals surface area contributed by atoms with Crippen LogP contribution in [0.4, 0.5) is 0 Å². The van der Waals surface area contributed by atoms with Crippen molar-refractivity contribution in [3.8, 4) is 5.75 Å². The third-order valence-electron chi connectivity index (χ3n) is 1.41. The third-order valence-corrected chi connectivity index (χ3v) is 1.41. The molecule has 0 aliphatic carbocycles. The molecule has 1 rings (SSSR count). The Bertz CT molecular complexity index is 240. The molecular formula is C8H12N2O2. The van der Waals surface area contributed by atoms with Gasteiger partial charge in [0.25, 0.3) is 0 Å². The standard InChI is InChI=1S/C8H12N2O2/c1-7-8(5-9-6-10-7)12-4-3-11-2/h5-6H,3-4H2,1-2H3. The Kier molecular flexibility index (Phi) is 3.47. The van der Waals surface area contributed by atoms with Gasteiger partial charge in [-0.15, -0.1) is 0 Å². The van der Waals surface area contributed by atoms with Gasteiger partial charge in [0.15, 0.2) is 5.75 Å². The van der Waals surface area contributed by atoms with Gasteiger partial charge in [0.05, 0.1) is 18.5 Å². The predicted molar refractivity (Wildman–Crippen MR) is 44.1 cm³/mol. The SMILES string of the molecule is COCCOc1cncnc1C. The number of ether oxygens (including phenoxy) is 2. The number of hydrogen-bond donors (Lipinski definition) is 0. The van der Waals surface area contributed by atoms with Gasteiger partial charge in [-0.05, 0) is 6.92 Å². The predicted octanol–water partition coefficient (Wildman–Crippen LogP) is 0.810. The number of rotatable bonds is 4. The summed E-state index contributed by atoms with van der Waals surface area (Å²) in [5.41, 5.74) is 0.848.